The van der Waals surface area contributed by atoms with Crippen LogP contribution in [0.5, 0.6) is 5.75 Å². The Morgan fingerprint density at radius 2 is 1.88 bits per heavy atom. The van der Waals surface area contributed by atoms with Crippen LogP contribution >= 0.6 is 0 Å². The fourth-order valence-electron chi connectivity index (χ4n) is 5.20. The van der Waals surface area contributed by atoms with Crippen LogP contribution in [0.15, 0.2) is 60.8 Å². The molecule has 1 saturated carbocycles. The van der Waals surface area contributed by atoms with Crippen LogP contribution < -0.4 is 15.4 Å². The molecule has 2 N–H and O–H groups in total. The van der Waals surface area contributed by atoms with Gasteiger partial charge < -0.3 is 20.3 Å². The highest BCUT2D eigenvalue weighted by Crippen LogP contribution is 2.32. The Bertz CT molecular complexity index is 1050. The number of ether oxygens (including phenoxy) is 1. The van der Waals surface area contributed by atoms with Crippen molar-refractivity contribution < 1.29 is 14.3 Å². The Labute approximate surface area is 195 Å². The first-order valence-corrected chi connectivity index (χ1v) is 11.9. The number of piperidine rings is 1. The highest BCUT2D eigenvalue weighted by atomic mass is 16.5. The summed E-state index contributed by atoms with van der Waals surface area (Å²) in [6, 6.07) is 16.0. The molecule has 5 rings (SSSR count). The van der Waals surface area contributed by atoms with Crippen LogP contribution in [0.3, 0.4) is 0 Å². The molecule has 2 fully saturated rings. The van der Waals surface area contributed by atoms with Crippen molar-refractivity contribution in [2.45, 2.75) is 69.8 Å². The average molecular weight is 446 g/mol. The van der Waals surface area contributed by atoms with E-state index in [2.05, 4.69) is 41.5 Å². The van der Waals surface area contributed by atoms with Gasteiger partial charge in [-0.15, -0.1) is 0 Å². The average Bonchev–Trinajstić information content (AvgIpc) is 3.14. The third kappa shape index (κ3) is 4.67. The van der Waals surface area contributed by atoms with Crippen molar-refractivity contribution in [2.75, 3.05) is 0 Å². The van der Waals surface area contributed by atoms with Crippen molar-refractivity contribution in [3.8, 4) is 5.75 Å². The van der Waals surface area contributed by atoms with E-state index in [4.69, 9.17) is 4.74 Å². The summed E-state index contributed by atoms with van der Waals surface area (Å²) in [6.07, 6.45) is 5.89. The molecule has 2 aromatic carbocycles. The van der Waals surface area contributed by atoms with E-state index in [-0.39, 0.29) is 17.9 Å². The summed E-state index contributed by atoms with van der Waals surface area (Å²) in [6.45, 7) is 5.10. The van der Waals surface area contributed by atoms with Gasteiger partial charge in [-0.05, 0) is 61.4 Å². The second-order valence-corrected chi connectivity index (χ2v) is 9.31. The molecule has 2 amide bonds. The lowest BCUT2D eigenvalue weighted by Gasteiger charge is -2.33. The van der Waals surface area contributed by atoms with E-state index in [1.807, 2.05) is 24.3 Å². The largest absolute Gasteiger partial charge is 0.489 e. The molecule has 0 spiro atoms. The summed E-state index contributed by atoms with van der Waals surface area (Å²) in [7, 11) is 0. The number of rotatable bonds is 6. The summed E-state index contributed by atoms with van der Waals surface area (Å²) in [5, 5.41) is 6.48. The minimum absolute atomic E-state index is 0.0794. The van der Waals surface area contributed by atoms with E-state index >= 15 is 0 Å². The van der Waals surface area contributed by atoms with Crippen LogP contribution in [0.25, 0.3) is 0 Å². The van der Waals surface area contributed by atoms with Crippen LogP contribution in [0, 0.1) is 0 Å². The minimum atomic E-state index is -0.440. The number of nitrogens with zero attached hydrogens (tertiary/aromatic N) is 1. The molecule has 3 atom stereocenters. The number of nitrogens with one attached hydrogen (secondary N) is 2. The molecule has 0 aromatic heterocycles. The second kappa shape index (κ2) is 9.40. The van der Waals surface area contributed by atoms with E-state index in [0.717, 1.165) is 42.8 Å². The number of carbonyl (C=O) groups is 2. The van der Waals surface area contributed by atoms with Gasteiger partial charge in [0.05, 0.1) is 0 Å². The first-order chi connectivity index (χ1) is 16.1. The summed E-state index contributed by atoms with van der Waals surface area (Å²) < 4.78 is 6.45. The van der Waals surface area contributed by atoms with Crippen molar-refractivity contribution >= 4 is 11.8 Å². The van der Waals surface area contributed by atoms with Gasteiger partial charge in [0.1, 0.15) is 17.9 Å². The molecule has 3 unspecified atom stereocenters. The molecule has 2 heterocycles. The van der Waals surface area contributed by atoms with Gasteiger partial charge in [-0.25, -0.2) is 0 Å². The zero-order valence-electron chi connectivity index (χ0n) is 18.9. The van der Waals surface area contributed by atoms with Crippen molar-refractivity contribution in [2.24, 2.45) is 0 Å². The molecule has 1 saturated heterocycles. The van der Waals surface area contributed by atoms with E-state index in [1.165, 1.54) is 12.0 Å². The Balaban J connectivity index is 1.25. The van der Waals surface area contributed by atoms with E-state index < -0.39 is 6.04 Å². The monoisotopic (exact) mass is 445 g/mol. The first kappa shape index (κ1) is 21.7. The van der Waals surface area contributed by atoms with Crippen LogP contribution in [0.4, 0.5) is 0 Å². The number of benzene rings is 2. The lowest BCUT2D eigenvalue weighted by Crippen LogP contribution is -2.49. The molecule has 6 nitrogen and oxygen atoms in total. The maximum atomic E-state index is 13.0. The normalized spacial score (nSPS) is 25.0. The Morgan fingerprint density at radius 3 is 2.70 bits per heavy atom. The predicted octanol–water partition coefficient (Wildman–Crippen LogP) is 3.91. The van der Waals surface area contributed by atoms with Gasteiger partial charge in [0.25, 0.3) is 5.91 Å². The molecule has 6 heteroatoms. The number of fused-ring (bicyclic) bond motifs is 1. The summed E-state index contributed by atoms with van der Waals surface area (Å²) >= 11 is 0. The van der Waals surface area contributed by atoms with Crippen LogP contribution in [0.1, 0.15) is 60.0 Å². The van der Waals surface area contributed by atoms with Crippen molar-refractivity contribution in [1.82, 2.24) is 15.5 Å². The van der Waals surface area contributed by atoms with Gasteiger partial charge in [-0.2, -0.15) is 0 Å². The lowest BCUT2D eigenvalue weighted by atomic mass is 9.92. The number of hydrogen-bond acceptors (Lipinski definition) is 4. The zero-order chi connectivity index (χ0) is 22.8. The smallest absolute Gasteiger partial charge is 0.255 e. The van der Waals surface area contributed by atoms with Crippen molar-refractivity contribution in [3.63, 3.8) is 0 Å². The quantitative estimate of drug-likeness (QED) is 0.707. The topological polar surface area (TPSA) is 70.7 Å². The minimum Gasteiger partial charge on any atom is -0.489 e. The van der Waals surface area contributed by atoms with E-state index in [9.17, 15) is 9.59 Å². The van der Waals surface area contributed by atoms with E-state index in [0.29, 0.717) is 31.0 Å². The van der Waals surface area contributed by atoms with Gasteiger partial charge in [0.15, 0.2) is 0 Å². The summed E-state index contributed by atoms with van der Waals surface area (Å²) in [4.78, 5) is 27.1. The fraction of sp³-hybridized carbons (Fsp3) is 0.407. The predicted molar refractivity (Wildman–Crippen MR) is 127 cm³/mol. The maximum absolute atomic E-state index is 13.0. The Hall–Kier alpha value is -3.12. The fourth-order valence-corrected chi connectivity index (χ4v) is 5.20. The third-order valence-corrected chi connectivity index (χ3v) is 7.01. The van der Waals surface area contributed by atoms with Gasteiger partial charge in [0.2, 0.25) is 5.91 Å². The maximum Gasteiger partial charge on any atom is 0.255 e. The molecule has 2 aromatic rings. The molecular formula is C27H31N3O3. The zero-order valence-corrected chi connectivity index (χ0v) is 18.9. The molecule has 1 aliphatic carbocycles. The van der Waals surface area contributed by atoms with Crippen molar-refractivity contribution in [1.29, 1.82) is 0 Å². The third-order valence-electron chi connectivity index (χ3n) is 7.01. The molecule has 33 heavy (non-hydrogen) atoms. The molecule has 2 aliphatic heterocycles. The van der Waals surface area contributed by atoms with Gasteiger partial charge >= 0.3 is 0 Å². The molecule has 0 radical (unpaired) electrons. The van der Waals surface area contributed by atoms with Gasteiger partial charge in [0, 0.05) is 30.4 Å². The molecule has 3 aliphatic rings. The van der Waals surface area contributed by atoms with Gasteiger partial charge in [-0.3, -0.25) is 9.59 Å². The SMILES string of the molecule is C=C1CCC(N2Cc3cc(OC4CCCCC4NCc4ccccc4)ccc3C2=O)C(=O)N1. The summed E-state index contributed by atoms with van der Waals surface area (Å²) in [5.74, 6) is 0.575. The first-order valence-electron chi connectivity index (χ1n) is 11.9. The number of hydrogen-bond donors (Lipinski definition) is 2. The standard InChI is InChI=1S/C27H31N3O3/c1-18-11-14-24(26(31)29-18)30-17-20-15-21(12-13-22(20)27(30)32)33-25-10-6-5-9-23(25)28-16-19-7-3-2-4-8-19/h2-4,7-8,12-13,15,23-25,28H,1,5-6,9-11,14,16-17H2,(H,29,31). The number of carbonyl (C=O) groups excluding carboxylic acids is 2. The van der Waals surface area contributed by atoms with Crippen molar-refractivity contribution in [3.05, 3.63) is 77.5 Å². The van der Waals surface area contributed by atoms with Crippen LogP contribution in [-0.2, 0) is 17.9 Å². The Kier molecular flexibility index (Phi) is 6.18. The van der Waals surface area contributed by atoms with Gasteiger partial charge in [-0.1, -0.05) is 43.3 Å². The molecule has 0 bridgehead atoms. The molecule has 172 valence electrons. The summed E-state index contributed by atoms with van der Waals surface area (Å²) in [5.41, 5.74) is 3.59. The second-order valence-electron chi connectivity index (χ2n) is 9.31. The highest BCUT2D eigenvalue weighted by molar-refractivity contribution is 6.01. The van der Waals surface area contributed by atoms with Crippen LogP contribution in [0.2, 0.25) is 0 Å². The lowest BCUT2D eigenvalue weighted by molar-refractivity contribution is -0.126. The Morgan fingerprint density at radius 1 is 1.06 bits per heavy atom. The van der Waals surface area contributed by atoms with Crippen LogP contribution in [-0.4, -0.2) is 34.9 Å². The van der Waals surface area contributed by atoms with E-state index in [1.54, 1.807) is 4.90 Å². The number of allylic oxidation sites excluding steroid dienone is 1. The number of amides is 2. The molecular weight excluding hydrogens is 414 g/mol. The highest BCUT2D eigenvalue weighted by Gasteiger charge is 2.38.